The molecule has 1 heterocycles. The molecule has 0 aliphatic carbocycles. The van der Waals surface area contributed by atoms with Crippen LogP contribution < -0.4 is 28.5 Å². The average molecular weight is 424 g/mol. The first-order chi connectivity index (χ1) is 10.1. The van der Waals surface area contributed by atoms with Crippen molar-refractivity contribution in [1.82, 2.24) is 0 Å². The highest BCUT2D eigenvalue weighted by atomic mass is 127. The van der Waals surface area contributed by atoms with Crippen molar-refractivity contribution in [3.63, 3.8) is 0 Å². The minimum atomic E-state index is 0. The number of ketones is 1. The molecule has 0 saturated carbocycles. The van der Waals surface area contributed by atoms with E-state index in [9.17, 15) is 4.79 Å². The second-order valence-electron chi connectivity index (χ2n) is 5.10. The zero-order valence-corrected chi connectivity index (χ0v) is 15.0. The van der Waals surface area contributed by atoms with E-state index >= 15 is 0 Å². The lowest BCUT2D eigenvalue weighted by Crippen LogP contribution is -3.00. The molecule has 3 aromatic rings. The van der Waals surface area contributed by atoms with Crippen LogP contribution in [0.25, 0.3) is 10.8 Å². The Kier molecular flexibility index (Phi) is 5.53. The van der Waals surface area contributed by atoms with Gasteiger partial charge in [-0.2, -0.15) is 4.57 Å². The zero-order valence-electron chi connectivity index (χ0n) is 12.1. The Balaban J connectivity index is 0.00000176. The number of aryl methyl sites for hydroxylation is 1. The van der Waals surface area contributed by atoms with Crippen LogP contribution in [0.15, 0.2) is 60.8 Å². The maximum absolute atomic E-state index is 12.3. The van der Waals surface area contributed by atoms with Crippen LogP contribution in [-0.4, -0.2) is 5.78 Å². The minimum absolute atomic E-state index is 0. The first-order valence-corrected chi connectivity index (χ1v) is 7.19. The Morgan fingerprint density at radius 2 is 1.68 bits per heavy atom. The second-order valence-corrected chi connectivity index (χ2v) is 5.54. The number of fused-ring (bicyclic) bond motifs is 1. The molecule has 3 rings (SSSR count). The van der Waals surface area contributed by atoms with Gasteiger partial charge in [-0.25, -0.2) is 0 Å². The smallest absolute Gasteiger partial charge is 0.227 e. The van der Waals surface area contributed by atoms with Crippen LogP contribution in [0.3, 0.4) is 0 Å². The lowest BCUT2D eigenvalue weighted by Gasteiger charge is -2.03. The summed E-state index contributed by atoms with van der Waals surface area (Å²) in [6, 6.07) is 17.3. The molecule has 0 bridgehead atoms. The SMILES string of the molecule is Cc1cc2ccccc2c[n+]1CC(=O)c1ccc(Cl)cc1.[I-]. The van der Waals surface area contributed by atoms with Gasteiger partial charge in [-0.3, -0.25) is 4.79 Å². The normalized spacial score (nSPS) is 10.3. The summed E-state index contributed by atoms with van der Waals surface area (Å²) < 4.78 is 1.99. The Morgan fingerprint density at radius 3 is 2.36 bits per heavy atom. The maximum Gasteiger partial charge on any atom is 0.227 e. The van der Waals surface area contributed by atoms with Gasteiger partial charge >= 0.3 is 0 Å². The van der Waals surface area contributed by atoms with Gasteiger partial charge in [0.1, 0.15) is 0 Å². The van der Waals surface area contributed by atoms with Crippen molar-refractivity contribution >= 4 is 28.2 Å². The summed E-state index contributed by atoms with van der Waals surface area (Å²) in [5.41, 5.74) is 1.75. The quantitative estimate of drug-likeness (QED) is 0.349. The van der Waals surface area contributed by atoms with Gasteiger partial charge in [0.05, 0.1) is 0 Å². The summed E-state index contributed by atoms with van der Waals surface area (Å²) in [5, 5.41) is 2.96. The first kappa shape index (κ1) is 16.9. The molecule has 0 fully saturated rings. The number of Topliss-reactive ketones (excluding diaryl/α,β-unsaturated/α-hetero) is 1. The molecule has 0 aliphatic rings. The van der Waals surface area contributed by atoms with Crippen LogP contribution in [0.1, 0.15) is 16.1 Å². The van der Waals surface area contributed by atoms with E-state index in [4.69, 9.17) is 11.6 Å². The number of hydrogen-bond donors (Lipinski definition) is 0. The van der Waals surface area contributed by atoms with E-state index in [-0.39, 0.29) is 29.8 Å². The molecule has 22 heavy (non-hydrogen) atoms. The molecule has 0 saturated heterocycles. The third-order valence-corrected chi connectivity index (χ3v) is 3.84. The predicted octanol–water partition coefficient (Wildman–Crippen LogP) is 0.976. The molecule has 2 nitrogen and oxygen atoms in total. The highest BCUT2D eigenvalue weighted by Gasteiger charge is 2.15. The van der Waals surface area contributed by atoms with Crippen LogP contribution in [0.5, 0.6) is 0 Å². The molecule has 0 unspecified atom stereocenters. The highest BCUT2D eigenvalue weighted by molar-refractivity contribution is 6.30. The summed E-state index contributed by atoms with van der Waals surface area (Å²) in [6.45, 7) is 2.35. The van der Waals surface area contributed by atoms with Crippen LogP contribution in [0, 0.1) is 6.92 Å². The van der Waals surface area contributed by atoms with E-state index in [1.165, 1.54) is 5.39 Å². The minimum Gasteiger partial charge on any atom is -1.00 e. The maximum atomic E-state index is 12.3. The van der Waals surface area contributed by atoms with Crippen LogP contribution >= 0.6 is 11.6 Å². The number of rotatable bonds is 3. The van der Waals surface area contributed by atoms with Crippen molar-refractivity contribution in [2.45, 2.75) is 13.5 Å². The standard InChI is InChI=1S/C18H15ClNO.HI/c1-13-10-15-4-2-3-5-16(15)11-20(13)12-18(21)14-6-8-17(19)9-7-14;/h2-11H,12H2,1H3;1H/q+1;/p-1. The molecule has 1 aromatic heterocycles. The lowest BCUT2D eigenvalue weighted by molar-refractivity contribution is -0.687. The topological polar surface area (TPSA) is 20.9 Å². The second kappa shape index (κ2) is 7.20. The van der Waals surface area contributed by atoms with Crippen molar-refractivity contribution in [2.24, 2.45) is 0 Å². The molecule has 2 aromatic carbocycles. The van der Waals surface area contributed by atoms with E-state index < -0.39 is 0 Å². The third-order valence-electron chi connectivity index (χ3n) is 3.59. The van der Waals surface area contributed by atoms with Gasteiger partial charge in [-0.05, 0) is 35.7 Å². The number of pyridine rings is 1. The van der Waals surface area contributed by atoms with E-state index in [1.54, 1.807) is 24.3 Å². The molecule has 0 N–H and O–H groups in total. The van der Waals surface area contributed by atoms with Crippen molar-refractivity contribution in [3.8, 4) is 0 Å². The summed E-state index contributed by atoms with van der Waals surface area (Å²) in [6.07, 6.45) is 2.03. The monoisotopic (exact) mass is 423 g/mol. The molecular weight excluding hydrogens is 409 g/mol. The van der Waals surface area contributed by atoms with Crippen LogP contribution in [-0.2, 0) is 6.54 Å². The highest BCUT2D eigenvalue weighted by Crippen LogP contribution is 2.13. The van der Waals surface area contributed by atoms with Gasteiger partial charge in [0.2, 0.25) is 12.3 Å². The average Bonchev–Trinajstić information content (AvgIpc) is 2.48. The number of hydrogen-bond acceptors (Lipinski definition) is 1. The fraction of sp³-hybridized carbons (Fsp3) is 0.111. The van der Waals surface area contributed by atoms with Crippen molar-refractivity contribution in [1.29, 1.82) is 0 Å². The fourth-order valence-electron chi connectivity index (χ4n) is 2.39. The third kappa shape index (κ3) is 3.65. The number of benzene rings is 2. The molecule has 112 valence electrons. The number of carbonyl (C=O) groups excluding carboxylic acids is 1. The molecule has 0 radical (unpaired) electrons. The van der Waals surface area contributed by atoms with E-state index in [0.717, 1.165) is 11.1 Å². The Hall–Kier alpha value is -1.46. The summed E-state index contributed by atoms with van der Waals surface area (Å²) in [7, 11) is 0. The summed E-state index contributed by atoms with van der Waals surface area (Å²) >= 11 is 5.85. The molecule has 0 spiro atoms. The first-order valence-electron chi connectivity index (χ1n) is 6.81. The lowest BCUT2D eigenvalue weighted by atomic mass is 10.1. The zero-order chi connectivity index (χ0) is 14.8. The fourth-order valence-corrected chi connectivity index (χ4v) is 2.52. The van der Waals surface area contributed by atoms with Gasteiger partial charge < -0.3 is 24.0 Å². The number of aromatic nitrogens is 1. The molecular formula is C18H15ClINO. The van der Waals surface area contributed by atoms with E-state index in [0.29, 0.717) is 17.1 Å². The van der Waals surface area contributed by atoms with Crippen molar-refractivity contribution < 1.29 is 33.3 Å². The van der Waals surface area contributed by atoms with Gasteiger partial charge in [-0.15, -0.1) is 0 Å². The van der Waals surface area contributed by atoms with Crippen molar-refractivity contribution in [3.05, 3.63) is 77.1 Å². The van der Waals surface area contributed by atoms with Crippen LogP contribution in [0.4, 0.5) is 0 Å². The van der Waals surface area contributed by atoms with Gasteiger partial charge in [0.15, 0.2) is 11.9 Å². The van der Waals surface area contributed by atoms with E-state index in [1.807, 2.05) is 29.8 Å². The Morgan fingerprint density at radius 1 is 1.05 bits per heavy atom. The number of halogens is 2. The van der Waals surface area contributed by atoms with Crippen LogP contribution in [0.2, 0.25) is 5.02 Å². The van der Waals surface area contributed by atoms with E-state index in [2.05, 4.69) is 18.2 Å². The van der Waals surface area contributed by atoms with Gasteiger partial charge in [-0.1, -0.05) is 29.8 Å². The number of carbonyl (C=O) groups is 1. The van der Waals surface area contributed by atoms with Gasteiger partial charge in [0, 0.05) is 29.0 Å². The Labute approximate surface area is 151 Å². The van der Waals surface area contributed by atoms with Crippen molar-refractivity contribution in [2.75, 3.05) is 0 Å². The molecule has 0 aliphatic heterocycles. The molecule has 0 atom stereocenters. The summed E-state index contributed by atoms with van der Waals surface area (Å²) in [4.78, 5) is 12.3. The van der Waals surface area contributed by atoms with Gasteiger partial charge in [0.25, 0.3) is 0 Å². The number of nitrogens with zero attached hydrogens (tertiary/aromatic N) is 1. The molecule has 0 amide bonds. The predicted molar refractivity (Wildman–Crippen MR) is 84.7 cm³/mol. The molecule has 4 heteroatoms. The largest absolute Gasteiger partial charge is 1.00 e. The Bertz CT molecular complexity index is 815. The summed E-state index contributed by atoms with van der Waals surface area (Å²) in [5.74, 6) is 0.0787.